The van der Waals surface area contributed by atoms with Crippen LogP contribution in [0, 0.1) is 6.92 Å². The van der Waals surface area contributed by atoms with Gasteiger partial charge in [-0.05, 0) is 42.8 Å². The molecule has 4 heteroatoms. The number of rotatable bonds is 2. The molecule has 0 aromatic heterocycles. The Bertz CT molecular complexity index is 1360. The smallest absolute Gasteiger partial charge is 0.340 e. The first kappa shape index (κ1) is 17.8. The SMILES string of the molecule is Cc1ccccc1Nc1cccc2c1C1(OC(=O)c3ccccc31)c1ccccc1O2. The van der Waals surface area contributed by atoms with Crippen molar-refractivity contribution in [2.75, 3.05) is 5.32 Å². The molecule has 150 valence electrons. The number of carbonyl (C=O) groups is 1. The van der Waals surface area contributed by atoms with E-state index in [-0.39, 0.29) is 5.97 Å². The highest BCUT2D eigenvalue weighted by Gasteiger charge is 2.54. The second-order valence-corrected chi connectivity index (χ2v) is 7.83. The van der Waals surface area contributed by atoms with Crippen molar-refractivity contribution < 1.29 is 14.3 Å². The Morgan fingerprint density at radius 3 is 2.26 bits per heavy atom. The van der Waals surface area contributed by atoms with E-state index >= 15 is 0 Å². The largest absolute Gasteiger partial charge is 0.456 e. The summed E-state index contributed by atoms with van der Waals surface area (Å²) < 4.78 is 12.6. The van der Waals surface area contributed by atoms with Crippen LogP contribution in [0.4, 0.5) is 11.4 Å². The molecule has 6 rings (SSSR count). The van der Waals surface area contributed by atoms with E-state index in [1.54, 1.807) is 0 Å². The van der Waals surface area contributed by atoms with Gasteiger partial charge < -0.3 is 14.8 Å². The molecular weight excluding hydrogens is 386 g/mol. The predicted octanol–water partition coefficient (Wildman–Crippen LogP) is 6.31. The van der Waals surface area contributed by atoms with Crippen LogP contribution in [0.5, 0.6) is 11.5 Å². The maximum Gasteiger partial charge on any atom is 0.340 e. The quantitative estimate of drug-likeness (QED) is 0.397. The van der Waals surface area contributed by atoms with Gasteiger partial charge in [0.15, 0.2) is 5.60 Å². The summed E-state index contributed by atoms with van der Waals surface area (Å²) >= 11 is 0. The van der Waals surface area contributed by atoms with E-state index in [0.29, 0.717) is 17.1 Å². The summed E-state index contributed by atoms with van der Waals surface area (Å²) in [5.74, 6) is 1.03. The summed E-state index contributed by atoms with van der Waals surface area (Å²) in [6.45, 7) is 2.06. The molecule has 4 nitrogen and oxygen atoms in total. The van der Waals surface area contributed by atoms with E-state index in [4.69, 9.17) is 9.47 Å². The van der Waals surface area contributed by atoms with Gasteiger partial charge in [-0.1, -0.05) is 60.7 Å². The second kappa shape index (κ2) is 6.47. The fourth-order valence-electron chi connectivity index (χ4n) is 4.64. The van der Waals surface area contributed by atoms with Crippen molar-refractivity contribution in [3.8, 4) is 11.5 Å². The summed E-state index contributed by atoms with van der Waals surface area (Å²) in [5, 5.41) is 3.56. The number of esters is 1. The molecule has 2 aliphatic rings. The molecule has 1 N–H and O–H groups in total. The zero-order valence-electron chi connectivity index (χ0n) is 16.9. The number of para-hydroxylation sites is 2. The van der Waals surface area contributed by atoms with Gasteiger partial charge in [0.1, 0.15) is 11.5 Å². The Labute approximate surface area is 180 Å². The molecule has 1 unspecified atom stereocenters. The maximum atomic E-state index is 13.0. The Kier molecular flexibility index (Phi) is 3.71. The first-order chi connectivity index (χ1) is 15.2. The number of hydrogen-bond acceptors (Lipinski definition) is 4. The van der Waals surface area contributed by atoms with Crippen LogP contribution in [0.25, 0.3) is 0 Å². The summed E-state index contributed by atoms with van der Waals surface area (Å²) in [7, 11) is 0. The molecule has 2 aliphatic heterocycles. The number of benzene rings is 4. The number of nitrogens with one attached hydrogen (secondary N) is 1. The Hall–Kier alpha value is -4.05. The van der Waals surface area contributed by atoms with Crippen molar-refractivity contribution in [3.05, 3.63) is 119 Å². The van der Waals surface area contributed by atoms with Crippen molar-refractivity contribution in [1.82, 2.24) is 0 Å². The van der Waals surface area contributed by atoms with E-state index < -0.39 is 5.60 Å². The average molecular weight is 405 g/mol. The van der Waals surface area contributed by atoms with Gasteiger partial charge in [-0.3, -0.25) is 0 Å². The Morgan fingerprint density at radius 2 is 1.39 bits per heavy atom. The average Bonchev–Trinajstić information content (AvgIpc) is 3.09. The molecule has 1 atom stereocenters. The lowest BCUT2D eigenvalue weighted by Crippen LogP contribution is -2.33. The molecule has 1 spiro atoms. The number of anilines is 2. The van der Waals surface area contributed by atoms with Crippen molar-refractivity contribution in [1.29, 1.82) is 0 Å². The third-order valence-corrected chi connectivity index (χ3v) is 6.05. The zero-order valence-corrected chi connectivity index (χ0v) is 16.9. The highest BCUT2D eigenvalue weighted by Crippen LogP contribution is 2.58. The summed E-state index contributed by atoms with van der Waals surface area (Å²) in [4.78, 5) is 13.0. The monoisotopic (exact) mass is 405 g/mol. The van der Waals surface area contributed by atoms with Gasteiger partial charge in [-0.25, -0.2) is 4.79 Å². The van der Waals surface area contributed by atoms with E-state index in [2.05, 4.69) is 18.3 Å². The lowest BCUT2D eigenvalue weighted by Gasteiger charge is -2.37. The molecule has 4 aromatic rings. The molecule has 0 saturated heterocycles. The van der Waals surface area contributed by atoms with Crippen LogP contribution in [0.1, 0.15) is 32.6 Å². The van der Waals surface area contributed by atoms with E-state index in [1.165, 1.54) is 0 Å². The number of carbonyl (C=O) groups excluding carboxylic acids is 1. The van der Waals surface area contributed by atoms with Gasteiger partial charge >= 0.3 is 5.97 Å². The summed E-state index contributed by atoms with van der Waals surface area (Å²) in [6.07, 6.45) is 0. The topological polar surface area (TPSA) is 47.6 Å². The van der Waals surface area contributed by atoms with Gasteiger partial charge in [-0.2, -0.15) is 0 Å². The van der Waals surface area contributed by atoms with Crippen LogP contribution in [-0.4, -0.2) is 5.97 Å². The van der Waals surface area contributed by atoms with Crippen LogP contribution in [0.15, 0.2) is 91.0 Å². The zero-order chi connectivity index (χ0) is 21.0. The second-order valence-electron chi connectivity index (χ2n) is 7.83. The lowest BCUT2D eigenvalue weighted by atomic mass is 9.77. The van der Waals surface area contributed by atoms with E-state index in [9.17, 15) is 4.79 Å². The number of hydrogen-bond donors (Lipinski definition) is 1. The third kappa shape index (κ3) is 2.45. The fraction of sp³-hybridized carbons (Fsp3) is 0.0741. The summed E-state index contributed by atoms with van der Waals surface area (Å²) in [6, 6.07) is 29.3. The Morgan fingerprint density at radius 1 is 0.710 bits per heavy atom. The molecule has 31 heavy (non-hydrogen) atoms. The van der Waals surface area contributed by atoms with E-state index in [0.717, 1.165) is 33.6 Å². The van der Waals surface area contributed by atoms with Gasteiger partial charge in [0, 0.05) is 16.8 Å². The number of fused-ring (bicyclic) bond motifs is 6. The lowest BCUT2D eigenvalue weighted by molar-refractivity contribution is 0.0227. The third-order valence-electron chi connectivity index (χ3n) is 6.05. The highest BCUT2D eigenvalue weighted by molar-refractivity contribution is 5.97. The van der Waals surface area contributed by atoms with Crippen molar-refractivity contribution >= 4 is 17.3 Å². The summed E-state index contributed by atoms with van der Waals surface area (Å²) in [5.41, 5.74) is 4.90. The molecule has 0 amide bonds. The Balaban J connectivity index is 1.66. The van der Waals surface area contributed by atoms with Gasteiger partial charge in [-0.15, -0.1) is 0 Å². The van der Waals surface area contributed by atoms with Crippen LogP contribution in [0.2, 0.25) is 0 Å². The molecule has 2 heterocycles. The molecule has 0 aliphatic carbocycles. The maximum absolute atomic E-state index is 13.0. The van der Waals surface area contributed by atoms with Gasteiger partial charge in [0.2, 0.25) is 0 Å². The highest BCUT2D eigenvalue weighted by atomic mass is 16.6. The van der Waals surface area contributed by atoms with Crippen LogP contribution < -0.4 is 10.1 Å². The molecule has 4 aromatic carbocycles. The predicted molar refractivity (Wildman–Crippen MR) is 119 cm³/mol. The van der Waals surface area contributed by atoms with Crippen LogP contribution in [0.3, 0.4) is 0 Å². The van der Waals surface area contributed by atoms with Crippen molar-refractivity contribution in [2.24, 2.45) is 0 Å². The molecule has 0 radical (unpaired) electrons. The van der Waals surface area contributed by atoms with Crippen molar-refractivity contribution in [3.63, 3.8) is 0 Å². The first-order valence-corrected chi connectivity index (χ1v) is 10.2. The first-order valence-electron chi connectivity index (χ1n) is 10.2. The minimum atomic E-state index is -1.08. The van der Waals surface area contributed by atoms with Crippen LogP contribution in [-0.2, 0) is 10.3 Å². The van der Waals surface area contributed by atoms with Crippen LogP contribution >= 0.6 is 0 Å². The molecule has 0 fully saturated rings. The minimum Gasteiger partial charge on any atom is -0.456 e. The molecule has 0 bridgehead atoms. The number of ether oxygens (including phenoxy) is 2. The van der Waals surface area contributed by atoms with E-state index in [1.807, 2.05) is 84.9 Å². The minimum absolute atomic E-state index is 0.330. The standard InChI is InChI=1S/C27H19NO3/c1-17-9-2-6-13-21(17)28-22-14-8-16-24-25(22)27(20-12-5-7-15-23(20)30-24)19-11-4-3-10-18(19)26(29)31-27/h2-16,28H,1H3. The van der Waals surface area contributed by atoms with Gasteiger partial charge in [0.05, 0.1) is 16.8 Å². The van der Waals surface area contributed by atoms with Gasteiger partial charge in [0.25, 0.3) is 0 Å². The molecule has 0 saturated carbocycles. The fourth-order valence-corrected chi connectivity index (χ4v) is 4.64. The number of aryl methyl sites for hydroxylation is 1. The normalized spacial score (nSPS) is 17.9. The molecular formula is C27H19NO3. The van der Waals surface area contributed by atoms with Crippen molar-refractivity contribution in [2.45, 2.75) is 12.5 Å².